The van der Waals surface area contributed by atoms with E-state index in [1.807, 2.05) is 24.8 Å². The van der Waals surface area contributed by atoms with Crippen molar-refractivity contribution in [2.75, 3.05) is 18.0 Å². The van der Waals surface area contributed by atoms with E-state index in [-0.39, 0.29) is 28.4 Å². The number of nitrogens with zero attached hydrogens (tertiary/aromatic N) is 5. The van der Waals surface area contributed by atoms with Crippen LogP contribution in [0.3, 0.4) is 0 Å². The second-order valence-electron chi connectivity index (χ2n) is 9.68. The summed E-state index contributed by atoms with van der Waals surface area (Å²) in [7, 11) is 1.53. The van der Waals surface area contributed by atoms with Gasteiger partial charge in [0.15, 0.2) is 22.5 Å². The van der Waals surface area contributed by atoms with Gasteiger partial charge in [0.05, 0.1) is 17.6 Å². The molecular weight excluding hydrogens is 478 g/mol. The molecule has 194 valence electrons. The third kappa shape index (κ3) is 4.33. The van der Waals surface area contributed by atoms with Crippen LogP contribution in [0.2, 0.25) is 0 Å². The fraction of sp³-hybridized carbons (Fsp3) is 0.400. The Morgan fingerprint density at radius 2 is 2.03 bits per heavy atom. The first-order valence-corrected chi connectivity index (χ1v) is 12.1. The minimum Gasteiger partial charge on any atom is -0.407 e. The van der Waals surface area contributed by atoms with Crippen molar-refractivity contribution in [3.8, 4) is 0 Å². The average molecular weight is 508 g/mol. The molecule has 0 saturated carbocycles. The van der Waals surface area contributed by atoms with E-state index in [2.05, 4.69) is 4.98 Å². The molecular formula is C25H29N7O5. The van der Waals surface area contributed by atoms with Gasteiger partial charge in [-0.1, -0.05) is 17.7 Å². The molecule has 0 bridgehead atoms. The van der Waals surface area contributed by atoms with Crippen LogP contribution in [0, 0.1) is 0 Å². The van der Waals surface area contributed by atoms with Crippen molar-refractivity contribution in [1.82, 2.24) is 23.7 Å². The molecule has 4 aromatic rings. The van der Waals surface area contributed by atoms with Gasteiger partial charge in [0.2, 0.25) is 5.95 Å². The minimum absolute atomic E-state index is 0.0141. The van der Waals surface area contributed by atoms with Gasteiger partial charge in [-0.2, -0.15) is 4.98 Å². The molecule has 3 aromatic heterocycles. The molecule has 0 radical (unpaired) electrons. The number of nitrogens with one attached hydrogen (secondary N) is 1. The maximum Gasteiger partial charge on any atom is 0.417 e. The van der Waals surface area contributed by atoms with Crippen LogP contribution < -0.4 is 27.6 Å². The molecule has 0 aliphatic carbocycles. The highest BCUT2D eigenvalue weighted by atomic mass is 16.4. The van der Waals surface area contributed by atoms with Crippen LogP contribution in [0.15, 0.2) is 48.6 Å². The number of rotatable bonds is 6. The van der Waals surface area contributed by atoms with Crippen molar-refractivity contribution in [1.29, 1.82) is 0 Å². The van der Waals surface area contributed by atoms with Gasteiger partial charge in [0, 0.05) is 32.7 Å². The van der Waals surface area contributed by atoms with Crippen molar-refractivity contribution in [2.45, 2.75) is 45.8 Å². The highest BCUT2D eigenvalue weighted by molar-refractivity contribution is 6.05. The zero-order valence-electron chi connectivity index (χ0n) is 21.0. The minimum atomic E-state index is -0.696. The molecule has 1 aliphatic rings. The first kappa shape index (κ1) is 24.5. The molecule has 1 atom stereocenters. The van der Waals surface area contributed by atoms with Crippen LogP contribution in [0.4, 0.5) is 5.95 Å². The highest BCUT2D eigenvalue weighted by Crippen LogP contribution is 2.23. The zero-order chi connectivity index (χ0) is 26.4. The maximum atomic E-state index is 13.8. The number of hydrogen-bond donors (Lipinski definition) is 2. The number of carbonyl (C=O) groups excluding carboxylic acids is 1. The Morgan fingerprint density at radius 1 is 1.24 bits per heavy atom. The monoisotopic (exact) mass is 507 g/mol. The summed E-state index contributed by atoms with van der Waals surface area (Å²) in [6, 6.07) is 4.67. The second kappa shape index (κ2) is 9.36. The third-order valence-electron chi connectivity index (χ3n) is 6.68. The quantitative estimate of drug-likeness (QED) is 0.291. The summed E-state index contributed by atoms with van der Waals surface area (Å²) >= 11 is 0. The average Bonchev–Trinajstić information content (AvgIpc) is 3.43. The number of benzene rings is 1. The number of nitrogens with two attached hydrogens (primary N) is 1. The van der Waals surface area contributed by atoms with Gasteiger partial charge in [-0.15, -0.1) is 0 Å². The summed E-state index contributed by atoms with van der Waals surface area (Å²) in [6.45, 7) is 5.09. The molecule has 1 aliphatic heterocycles. The molecule has 1 aromatic carbocycles. The number of ketones is 1. The number of Topliss-reactive ketones (excluding diaryl/α,β-unsaturated/α-hetero) is 1. The van der Waals surface area contributed by atoms with Crippen molar-refractivity contribution in [3.05, 3.63) is 66.8 Å². The lowest BCUT2D eigenvalue weighted by molar-refractivity contribution is 0.0969. The lowest BCUT2D eigenvalue weighted by atomic mass is 10.1. The van der Waals surface area contributed by atoms with E-state index < -0.39 is 29.3 Å². The fourth-order valence-electron chi connectivity index (χ4n) is 4.80. The molecule has 12 heteroatoms. The number of para-hydroxylation sites is 1. The van der Waals surface area contributed by atoms with Crippen LogP contribution in [0.1, 0.15) is 37.0 Å². The van der Waals surface area contributed by atoms with E-state index in [9.17, 15) is 19.2 Å². The number of aromatic nitrogens is 5. The van der Waals surface area contributed by atoms with Gasteiger partial charge < -0.3 is 19.6 Å². The lowest BCUT2D eigenvalue weighted by Crippen LogP contribution is -2.44. The van der Waals surface area contributed by atoms with Crippen LogP contribution in [0.5, 0.6) is 0 Å². The number of oxazole rings is 1. The van der Waals surface area contributed by atoms with Crippen LogP contribution >= 0.6 is 0 Å². The first-order chi connectivity index (χ1) is 17.7. The van der Waals surface area contributed by atoms with Gasteiger partial charge in [-0.3, -0.25) is 23.7 Å². The molecule has 0 spiro atoms. The number of fused-ring (bicyclic) bond motifs is 2. The van der Waals surface area contributed by atoms with Gasteiger partial charge in [0.25, 0.3) is 5.56 Å². The summed E-state index contributed by atoms with van der Waals surface area (Å²) in [5, 5.41) is 0. The number of aryl methyl sites for hydroxylation is 1. The van der Waals surface area contributed by atoms with E-state index in [0.717, 1.165) is 29.5 Å². The van der Waals surface area contributed by atoms with Crippen molar-refractivity contribution in [3.63, 3.8) is 0 Å². The molecule has 5 rings (SSSR count). The number of carbonyl (C=O) groups is 1. The molecule has 1 fully saturated rings. The van der Waals surface area contributed by atoms with Gasteiger partial charge in [0.1, 0.15) is 0 Å². The Bertz CT molecular complexity index is 1730. The summed E-state index contributed by atoms with van der Waals surface area (Å²) in [5.74, 6) is -0.667. The molecule has 4 heterocycles. The van der Waals surface area contributed by atoms with Gasteiger partial charge in [-0.25, -0.2) is 9.59 Å². The Morgan fingerprint density at radius 3 is 2.76 bits per heavy atom. The van der Waals surface area contributed by atoms with E-state index >= 15 is 0 Å². The predicted molar refractivity (Wildman–Crippen MR) is 139 cm³/mol. The SMILES string of the molecule is CC(C)=CCn1c(N2CCCC(N)C2)nc2c1c(=O)n(CC(=O)c1cccc3[nH]c(=O)oc13)c(=O)n2C. The number of anilines is 1. The molecule has 12 nitrogen and oxygen atoms in total. The molecule has 1 saturated heterocycles. The van der Waals surface area contributed by atoms with Crippen molar-refractivity contribution < 1.29 is 9.21 Å². The van der Waals surface area contributed by atoms with Gasteiger partial charge >= 0.3 is 11.4 Å². The largest absolute Gasteiger partial charge is 0.417 e. The standard InChI is InChI=1S/C25H29N7O5/c1-14(2)9-11-31-19-21(28-23(31)30-10-5-6-15(26)12-30)29(3)25(36)32(22(19)34)13-18(33)16-7-4-8-17-20(16)37-24(35)27-17/h4,7-9,15H,5-6,10-13,26H2,1-3H3,(H,27,35). The van der Waals surface area contributed by atoms with Crippen molar-refractivity contribution >= 4 is 34.0 Å². The first-order valence-electron chi connectivity index (χ1n) is 12.1. The number of imidazole rings is 1. The molecule has 37 heavy (non-hydrogen) atoms. The number of piperidine rings is 1. The summed E-state index contributed by atoms with van der Waals surface area (Å²) in [4.78, 5) is 61.2. The number of H-pyrrole nitrogens is 1. The summed E-state index contributed by atoms with van der Waals surface area (Å²) in [6.07, 6.45) is 3.78. The fourth-order valence-corrected chi connectivity index (χ4v) is 4.80. The summed E-state index contributed by atoms with van der Waals surface area (Å²) < 4.78 is 9.10. The van der Waals surface area contributed by atoms with E-state index in [4.69, 9.17) is 15.1 Å². The Hall–Kier alpha value is -4.19. The molecule has 3 N–H and O–H groups in total. The second-order valence-corrected chi connectivity index (χ2v) is 9.68. The highest BCUT2D eigenvalue weighted by Gasteiger charge is 2.27. The normalized spacial score (nSPS) is 16.0. The topological polar surface area (TPSA) is 154 Å². The van der Waals surface area contributed by atoms with Crippen LogP contribution in [-0.4, -0.2) is 48.6 Å². The third-order valence-corrected chi connectivity index (χ3v) is 6.68. The Labute approximate surface area is 210 Å². The van der Waals surface area contributed by atoms with Gasteiger partial charge in [-0.05, 0) is 38.8 Å². The number of allylic oxidation sites excluding steroid dienone is 2. The number of hydrogen-bond acceptors (Lipinski definition) is 8. The van der Waals surface area contributed by atoms with Crippen molar-refractivity contribution in [2.24, 2.45) is 12.8 Å². The van der Waals surface area contributed by atoms with E-state index in [0.29, 0.717) is 24.6 Å². The maximum absolute atomic E-state index is 13.8. The van der Waals surface area contributed by atoms with E-state index in [1.54, 1.807) is 16.7 Å². The van der Waals surface area contributed by atoms with Crippen LogP contribution in [-0.2, 0) is 20.1 Å². The zero-order valence-corrected chi connectivity index (χ0v) is 21.0. The van der Waals surface area contributed by atoms with E-state index in [1.165, 1.54) is 17.7 Å². The molecule has 0 amide bonds. The smallest absolute Gasteiger partial charge is 0.407 e. The number of aromatic amines is 1. The Kier molecular flexibility index (Phi) is 6.20. The van der Waals surface area contributed by atoms with Crippen LogP contribution in [0.25, 0.3) is 22.3 Å². The Balaban J connectivity index is 1.66. The lowest BCUT2D eigenvalue weighted by Gasteiger charge is -2.31. The summed E-state index contributed by atoms with van der Waals surface area (Å²) in [5.41, 5.74) is 7.01. The predicted octanol–water partition coefficient (Wildman–Crippen LogP) is 1.11. The molecule has 1 unspecified atom stereocenters.